The van der Waals surface area contributed by atoms with E-state index in [4.69, 9.17) is 0 Å². The minimum atomic E-state index is -0.417. The summed E-state index contributed by atoms with van der Waals surface area (Å²) in [5, 5.41) is 19.9. The maximum absolute atomic E-state index is 12.5. The first-order chi connectivity index (χ1) is 10.4. The first-order valence-corrected chi connectivity index (χ1v) is 7.87. The second-order valence-corrected chi connectivity index (χ2v) is 6.73. The van der Waals surface area contributed by atoms with Gasteiger partial charge in [-0.3, -0.25) is 4.79 Å². The van der Waals surface area contributed by atoms with Crippen LogP contribution >= 0.6 is 0 Å². The molecule has 1 aromatic carbocycles. The summed E-state index contributed by atoms with van der Waals surface area (Å²) in [5.74, 6) is 0.0310. The fourth-order valence-electron chi connectivity index (χ4n) is 3.62. The fourth-order valence-corrected chi connectivity index (χ4v) is 3.62. The van der Waals surface area contributed by atoms with Crippen molar-refractivity contribution in [2.24, 2.45) is 5.41 Å². The van der Waals surface area contributed by atoms with Gasteiger partial charge in [0.1, 0.15) is 0 Å². The van der Waals surface area contributed by atoms with Crippen LogP contribution in [0.1, 0.15) is 29.6 Å². The van der Waals surface area contributed by atoms with Crippen molar-refractivity contribution in [3.05, 3.63) is 29.8 Å². The standard InChI is InChI=1S/C17H24N2O3/c1-18(2)13-5-3-12(4-6-13)16(22)19-9-7-17(8-10-19)14(20)11-15(17)21/h3-6,14-15,20-21H,7-11H2,1-2H3/t14-,15+. The molecule has 22 heavy (non-hydrogen) atoms. The van der Waals surface area contributed by atoms with Gasteiger partial charge in [0, 0.05) is 50.3 Å². The largest absolute Gasteiger partial charge is 0.392 e. The molecule has 2 N–H and O–H groups in total. The third-order valence-corrected chi connectivity index (χ3v) is 5.39. The Hall–Kier alpha value is -1.59. The summed E-state index contributed by atoms with van der Waals surface area (Å²) in [6.45, 7) is 1.20. The Labute approximate surface area is 131 Å². The van der Waals surface area contributed by atoms with Crippen molar-refractivity contribution < 1.29 is 15.0 Å². The lowest BCUT2D eigenvalue weighted by molar-refractivity contribution is -0.187. The average molecular weight is 304 g/mol. The van der Waals surface area contributed by atoms with Gasteiger partial charge in [-0.15, -0.1) is 0 Å². The second kappa shape index (κ2) is 5.56. The van der Waals surface area contributed by atoms with Crippen LogP contribution in [0.2, 0.25) is 0 Å². The Morgan fingerprint density at radius 3 is 2.14 bits per heavy atom. The van der Waals surface area contributed by atoms with Crippen LogP contribution in [-0.2, 0) is 0 Å². The van der Waals surface area contributed by atoms with E-state index in [0.717, 1.165) is 5.69 Å². The van der Waals surface area contributed by atoms with E-state index in [1.165, 1.54) is 0 Å². The number of nitrogens with zero attached hydrogens (tertiary/aromatic N) is 2. The van der Waals surface area contributed by atoms with Crippen molar-refractivity contribution in [2.75, 3.05) is 32.1 Å². The molecule has 2 fully saturated rings. The number of likely N-dealkylation sites (tertiary alicyclic amines) is 1. The monoisotopic (exact) mass is 304 g/mol. The minimum absolute atomic E-state index is 0.0310. The molecule has 2 aliphatic rings. The van der Waals surface area contributed by atoms with Crippen molar-refractivity contribution >= 4 is 11.6 Å². The molecule has 0 aromatic heterocycles. The summed E-state index contributed by atoms with van der Waals surface area (Å²) >= 11 is 0. The Balaban J connectivity index is 1.65. The van der Waals surface area contributed by atoms with Gasteiger partial charge in [0.2, 0.25) is 0 Å². The second-order valence-electron chi connectivity index (χ2n) is 6.73. The lowest BCUT2D eigenvalue weighted by Crippen LogP contribution is -2.61. The SMILES string of the molecule is CN(C)c1ccc(C(=O)N2CCC3(CC2)[C@H](O)C[C@@H]3O)cc1. The summed E-state index contributed by atoms with van der Waals surface area (Å²) in [7, 11) is 3.94. The van der Waals surface area contributed by atoms with Crippen molar-refractivity contribution in [1.82, 2.24) is 4.90 Å². The number of rotatable bonds is 2. The van der Waals surface area contributed by atoms with Gasteiger partial charge in [0.05, 0.1) is 12.2 Å². The van der Waals surface area contributed by atoms with Crippen LogP contribution in [-0.4, -0.2) is 60.4 Å². The zero-order valence-electron chi connectivity index (χ0n) is 13.2. The lowest BCUT2D eigenvalue weighted by atomic mass is 9.58. The van der Waals surface area contributed by atoms with Crippen LogP contribution in [0, 0.1) is 5.41 Å². The smallest absolute Gasteiger partial charge is 0.253 e. The number of benzene rings is 1. The highest BCUT2D eigenvalue weighted by Gasteiger charge is 2.55. The molecule has 1 aromatic rings. The Bertz CT molecular complexity index is 538. The van der Waals surface area contributed by atoms with E-state index < -0.39 is 12.2 Å². The molecular formula is C17H24N2O3. The maximum atomic E-state index is 12.5. The van der Waals surface area contributed by atoms with Crippen molar-refractivity contribution in [1.29, 1.82) is 0 Å². The van der Waals surface area contributed by atoms with Gasteiger partial charge in [0.15, 0.2) is 0 Å². The fraction of sp³-hybridized carbons (Fsp3) is 0.588. The number of carbonyl (C=O) groups is 1. The maximum Gasteiger partial charge on any atom is 0.253 e. The number of hydrogen-bond acceptors (Lipinski definition) is 4. The molecule has 1 aliphatic carbocycles. The van der Waals surface area contributed by atoms with E-state index in [0.29, 0.717) is 37.9 Å². The summed E-state index contributed by atoms with van der Waals surface area (Å²) in [6, 6.07) is 7.60. The topological polar surface area (TPSA) is 64.0 Å². The molecule has 5 nitrogen and oxygen atoms in total. The van der Waals surface area contributed by atoms with Crippen molar-refractivity contribution in [3.8, 4) is 0 Å². The molecule has 5 heteroatoms. The van der Waals surface area contributed by atoms with Gasteiger partial charge in [-0.05, 0) is 37.1 Å². The van der Waals surface area contributed by atoms with Crippen molar-refractivity contribution in [2.45, 2.75) is 31.5 Å². The van der Waals surface area contributed by atoms with Gasteiger partial charge < -0.3 is 20.0 Å². The number of anilines is 1. The third kappa shape index (κ3) is 2.38. The van der Waals surface area contributed by atoms with Crippen LogP contribution in [0.25, 0.3) is 0 Å². The molecule has 1 saturated carbocycles. The van der Waals surface area contributed by atoms with E-state index in [1.807, 2.05) is 48.2 Å². The summed E-state index contributed by atoms with van der Waals surface area (Å²) in [4.78, 5) is 16.4. The molecule has 3 rings (SSSR count). The highest BCUT2D eigenvalue weighted by atomic mass is 16.3. The molecule has 1 spiro atoms. The first kappa shape index (κ1) is 15.3. The first-order valence-electron chi connectivity index (χ1n) is 7.87. The minimum Gasteiger partial charge on any atom is -0.392 e. The number of aliphatic hydroxyl groups excluding tert-OH is 2. The summed E-state index contributed by atoms with van der Waals surface area (Å²) in [5.41, 5.74) is 1.39. The summed E-state index contributed by atoms with van der Waals surface area (Å²) in [6.07, 6.45) is 0.992. The normalized spacial score (nSPS) is 26.6. The van der Waals surface area contributed by atoms with Crippen LogP contribution in [0.5, 0.6) is 0 Å². The van der Waals surface area contributed by atoms with E-state index in [2.05, 4.69) is 0 Å². The van der Waals surface area contributed by atoms with E-state index in [1.54, 1.807) is 0 Å². The van der Waals surface area contributed by atoms with Gasteiger partial charge in [-0.1, -0.05) is 0 Å². The van der Waals surface area contributed by atoms with Gasteiger partial charge >= 0.3 is 0 Å². The van der Waals surface area contributed by atoms with E-state index >= 15 is 0 Å². The predicted octanol–water partition coefficient (Wildman–Crippen LogP) is 1.10. The van der Waals surface area contributed by atoms with Crippen LogP contribution in [0.4, 0.5) is 5.69 Å². The summed E-state index contributed by atoms with van der Waals surface area (Å²) < 4.78 is 0. The average Bonchev–Trinajstić information content (AvgIpc) is 2.54. The Morgan fingerprint density at radius 1 is 1.14 bits per heavy atom. The molecule has 0 bridgehead atoms. The molecule has 1 amide bonds. The number of piperidine rings is 1. The Morgan fingerprint density at radius 2 is 1.68 bits per heavy atom. The van der Waals surface area contributed by atoms with Gasteiger partial charge in [-0.2, -0.15) is 0 Å². The van der Waals surface area contributed by atoms with Crippen LogP contribution in [0.15, 0.2) is 24.3 Å². The third-order valence-electron chi connectivity index (χ3n) is 5.39. The van der Waals surface area contributed by atoms with E-state index in [-0.39, 0.29) is 11.3 Å². The highest BCUT2D eigenvalue weighted by molar-refractivity contribution is 5.94. The number of aliphatic hydroxyl groups is 2. The zero-order valence-corrected chi connectivity index (χ0v) is 13.2. The molecule has 0 radical (unpaired) electrons. The van der Waals surface area contributed by atoms with Crippen molar-refractivity contribution in [3.63, 3.8) is 0 Å². The molecule has 1 saturated heterocycles. The predicted molar refractivity (Wildman–Crippen MR) is 85.0 cm³/mol. The van der Waals surface area contributed by atoms with E-state index in [9.17, 15) is 15.0 Å². The highest BCUT2D eigenvalue weighted by Crippen LogP contribution is 2.49. The number of hydrogen-bond donors (Lipinski definition) is 2. The zero-order chi connectivity index (χ0) is 15.9. The number of carbonyl (C=O) groups excluding carboxylic acids is 1. The molecule has 2 atom stereocenters. The van der Waals surface area contributed by atoms with Crippen LogP contribution < -0.4 is 4.90 Å². The molecule has 1 aliphatic heterocycles. The Kier molecular flexibility index (Phi) is 3.87. The number of amides is 1. The lowest BCUT2D eigenvalue weighted by Gasteiger charge is -2.55. The van der Waals surface area contributed by atoms with Crippen LogP contribution in [0.3, 0.4) is 0 Å². The van der Waals surface area contributed by atoms with Gasteiger partial charge in [0.25, 0.3) is 5.91 Å². The molecule has 120 valence electrons. The molecule has 0 unspecified atom stereocenters. The van der Waals surface area contributed by atoms with Gasteiger partial charge in [-0.25, -0.2) is 0 Å². The quantitative estimate of drug-likeness (QED) is 0.859. The molecule has 1 heterocycles. The molecular weight excluding hydrogens is 280 g/mol.